The largest absolute Gasteiger partial charge is 0.496 e. The number of rotatable bonds is 6. The molecule has 0 amide bonds. The topological polar surface area (TPSA) is 65.0 Å². The summed E-state index contributed by atoms with van der Waals surface area (Å²) in [6.07, 6.45) is 0. The third-order valence-corrected chi connectivity index (χ3v) is 5.20. The Morgan fingerprint density at radius 2 is 1.64 bits per heavy atom. The van der Waals surface area contributed by atoms with E-state index in [1.807, 2.05) is 30.3 Å². The zero-order valence-corrected chi connectivity index (χ0v) is 14.9. The SMILES string of the molecule is COc1cc(OC)c(C(C(=O)O)c2cc3ccccc3s2)c(OC)c1. The first kappa shape index (κ1) is 17.1. The average Bonchev–Trinajstić information content (AvgIpc) is 3.04. The maximum atomic E-state index is 12.1. The summed E-state index contributed by atoms with van der Waals surface area (Å²) in [6, 6.07) is 13.1. The fourth-order valence-electron chi connectivity index (χ4n) is 2.85. The van der Waals surface area contributed by atoms with Crippen LogP contribution in [0.1, 0.15) is 16.4 Å². The maximum absolute atomic E-state index is 12.1. The van der Waals surface area contributed by atoms with Crippen molar-refractivity contribution in [2.24, 2.45) is 0 Å². The van der Waals surface area contributed by atoms with E-state index in [0.717, 1.165) is 15.0 Å². The molecule has 25 heavy (non-hydrogen) atoms. The minimum atomic E-state index is -0.965. The number of methoxy groups -OCH3 is 3. The van der Waals surface area contributed by atoms with Crippen LogP contribution in [0.4, 0.5) is 0 Å². The molecule has 3 rings (SSSR count). The number of carbonyl (C=O) groups is 1. The molecule has 0 aliphatic rings. The summed E-state index contributed by atoms with van der Waals surface area (Å²) in [6.45, 7) is 0. The van der Waals surface area contributed by atoms with E-state index in [-0.39, 0.29) is 0 Å². The van der Waals surface area contributed by atoms with E-state index < -0.39 is 11.9 Å². The van der Waals surface area contributed by atoms with Gasteiger partial charge in [0, 0.05) is 21.7 Å². The van der Waals surface area contributed by atoms with Crippen LogP contribution in [0.15, 0.2) is 42.5 Å². The Morgan fingerprint density at radius 1 is 1.00 bits per heavy atom. The molecule has 1 heterocycles. The van der Waals surface area contributed by atoms with Crippen molar-refractivity contribution < 1.29 is 24.1 Å². The van der Waals surface area contributed by atoms with Crippen molar-refractivity contribution in [3.05, 3.63) is 52.9 Å². The van der Waals surface area contributed by atoms with E-state index in [1.54, 1.807) is 12.1 Å². The van der Waals surface area contributed by atoms with Gasteiger partial charge < -0.3 is 19.3 Å². The van der Waals surface area contributed by atoms with Crippen LogP contribution < -0.4 is 14.2 Å². The summed E-state index contributed by atoms with van der Waals surface area (Å²) in [5, 5.41) is 11.0. The molecule has 2 aromatic carbocycles. The van der Waals surface area contributed by atoms with Gasteiger partial charge in [0.25, 0.3) is 0 Å². The fourth-order valence-corrected chi connectivity index (χ4v) is 4.02. The molecule has 1 unspecified atom stereocenters. The molecule has 0 bridgehead atoms. The Hall–Kier alpha value is -2.73. The smallest absolute Gasteiger partial charge is 0.316 e. The highest BCUT2D eigenvalue weighted by Crippen LogP contribution is 2.44. The number of carboxylic acids is 1. The Kier molecular flexibility index (Phi) is 4.81. The van der Waals surface area contributed by atoms with E-state index in [0.29, 0.717) is 22.8 Å². The van der Waals surface area contributed by atoms with Crippen molar-refractivity contribution in [1.29, 1.82) is 0 Å². The number of aliphatic carboxylic acids is 1. The van der Waals surface area contributed by atoms with Gasteiger partial charge in [-0.15, -0.1) is 11.3 Å². The number of carboxylic acid groups (broad SMARTS) is 1. The summed E-state index contributed by atoms with van der Waals surface area (Å²) >= 11 is 1.45. The van der Waals surface area contributed by atoms with Crippen LogP contribution in [0, 0.1) is 0 Å². The standard InChI is InChI=1S/C19H18O5S/c1-22-12-9-13(23-2)17(14(10-12)24-3)18(19(20)21)16-8-11-6-4-5-7-15(11)25-16/h4-10,18H,1-3H3,(H,20,21). The zero-order valence-electron chi connectivity index (χ0n) is 14.1. The maximum Gasteiger partial charge on any atom is 0.316 e. The predicted octanol–water partition coefficient (Wildman–Crippen LogP) is 4.14. The van der Waals surface area contributed by atoms with Gasteiger partial charge in [-0.2, -0.15) is 0 Å². The molecule has 0 fully saturated rings. The summed E-state index contributed by atoms with van der Waals surface area (Å²) in [5.74, 6) is -0.485. The van der Waals surface area contributed by atoms with Gasteiger partial charge in [0.1, 0.15) is 23.2 Å². The highest BCUT2D eigenvalue weighted by atomic mass is 32.1. The summed E-state index contributed by atoms with van der Waals surface area (Å²) in [7, 11) is 4.54. The normalized spacial score (nSPS) is 12.0. The lowest BCUT2D eigenvalue weighted by Gasteiger charge is -2.19. The van der Waals surface area contributed by atoms with Crippen LogP contribution >= 0.6 is 11.3 Å². The third-order valence-electron chi connectivity index (χ3n) is 4.02. The van der Waals surface area contributed by atoms with Gasteiger partial charge in [-0.25, -0.2) is 0 Å². The average molecular weight is 358 g/mol. The number of ether oxygens (including phenoxy) is 3. The van der Waals surface area contributed by atoms with Crippen molar-refractivity contribution in [2.75, 3.05) is 21.3 Å². The van der Waals surface area contributed by atoms with Crippen LogP contribution in [0.3, 0.4) is 0 Å². The summed E-state index contributed by atoms with van der Waals surface area (Å²) in [5.41, 5.74) is 0.477. The quantitative estimate of drug-likeness (QED) is 0.717. The Labute approximate surface area is 149 Å². The lowest BCUT2D eigenvalue weighted by atomic mass is 9.94. The van der Waals surface area contributed by atoms with Crippen LogP contribution in [0.2, 0.25) is 0 Å². The molecule has 3 aromatic rings. The molecular weight excluding hydrogens is 340 g/mol. The fraction of sp³-hybridized carbons (Fsp3) is 0.211. The van der Waals surface area contributed by atoms with Crippen LogP contribution in [-0.2, 0) is 4.79 Å². The van der Waals surface area contributed by atoms with Gasteiger partial charge in [-0.1, -0.05) is 18.2 Å². The third kappa shape index (κ3) is 3.13. The molecule has 0 saturated carbocycles. The second-order valence-electron chi connectivity index (χ2n) is 5.40. The summed E-state index contributed by atoms with van der Waals surface area (Å²) < 4.78 is 17.2. The van der Waals surface area contributed by atoms with Gasteiger partial charge in [0.15, 0.2) is 0 Å². The summed E-state index contributed by atoms with van der Waals surface area (Å²) in [4.78, 5) is 12.9. The van der Waals surface area contributed by atoms with Crippen LogP contribution in [-0.4, -0.2) is 32.4 Å². The van der Waals surface area contributed by atoms with Gasteiger partial charge in [-0.05, 0) is 17.5 Å². The monoisotopic (exact) mass is 358 g/mol. The van der Waals surface area contributed by atoms with Gasteiger partial charge >= 0.3 is 5.97 Å². The first-order valence-electron chi connectivity index (χ1n) is 7.60. The number of hydrogen-bond donors (Lipinski definition) is 1. The van der Waals surface area contributed by atoms with Crippen molar-refractivity contribution >= 4 is 27.4 Å². The lowest BCUT2D eigenvalue weighted by molar-refractivity contribution is -0.137. The highest BCUT2D eigenvalue weighted by molar-refractivity contribution is 7.19. The van der Waals surface area contributed by atoms with Gasteiger partial charge in [0.2, 0.25) is 0 Å². The van der Waals surface area contributed by atoms with Crippen molar-refractivity contribution in [3.8, 4) is 17.2 Å². The first-order valence-corrected chi connectivity index (χ1v) is 8.42. The van der Waals surface area contributed by atoms with Crippen LogP contribution in [0.25, 0.3) is 10.1 Å². The second kappa shape index (κ2) is 7.03. The molecule has 0 aliphatic heterocycles. The van der Waals surface area contributed by atoms with Crippen molar-refractivity contribution in [3.63, 3.8) is 0 Å². The number of hydrogen-bond acceptors (Lipinski definition) is 5. The molecule has 130 valence electrons. The lowest BCUT2D eigenvalue weighted by Crippen LogP contribution is -2.14. The molecular formula is C19H18O5S. The first-order chi connectivity index (χ1) is 12.1. The number of fused-ring (bicyclic) bond motifs is 1. The Bertz CT molecular complexity index is 857. The van der Waals surface area contributed by atoms with Crippen molar-refractivity contribution in [1.82, 2.24) is 0 Å². The molecule has 0 aliphatic carbocycles. The molecule has 6 heteroatoms. The number of benzene rings is 2. The highest BCUT2D eigenvalue weighted by Gasteiger charge is 2.31. The molecule has 0 spiro atoms. The minimum Gasteiger partial charge on any atom is -0.496 e. The van der Waals surface area contributed by atoms with Gasteiger partial charge in [-0.3, -0.25) is 4.79 Å². The molecule has 0 radical (unpaired) electrons. The van der Waals surface area contributed by atoms with E-state index in [2.05, 4.69) is 0 Å². The van der Waals surface area contributed by atoms with E-state index in [9.17, 15) is 9.90 Å². The van der Waals surface area contributed by atoms with E-state index >= 15 is 0 Å². The van der Waals surface area contributed by atoms with E-state index in [4.69, 9.17) is 14.2 Å². The predicted molar refractivity (Wildman–Crippen MR) is 97.4 cm³/mol. The van der Waals surface area contributed by atoms with E-state index in [1.165, 1.54) is 32.7 Å². The minimum absolute atomic E-state index is 0.418. The Morgan fingerprint density at radius 3 is 2.16 bits per heavy atom. The number of thiophene rings is 1. The molecule has 5 nitrogen and oxygen atoms in total. The Balaban J connectivity index is 2.23. The van der Waals surface area contributed by atoms with Gasteiger partial charge in [0.05, 0.1) is 26.9 Å². The zero-order chi connectivity index (χ0) is 18.0. The van der Waals surface area contributed by atoms with Crippen LogP contribution in [0.5, 0.6) is 17.2 Å². The molecule has 1 N–H and O–H groups in total. The second-order valence-corrected chi connectivity index (χ2v) is 6.52. The van der Waals surface area contributed by atoms with Crippen molar-refractivity contribution in [2.45, 2.75) is 5.92 Å². The molecule has 1 atom stereocenters. The molecule has 1 aromatic heterocycles. The molecule has 0 saturated heterocycles.